The maximum absolute atomic E-state index is 13.4. The zero-order valence-corrected chi connectivity index (χ0v) is 19.8. The van der Waals surface area contributed by atoms with Crippen LogP contribution < -0.4 is 10.1 Å². The first-order valence-corrected chi connectivity index (χ1v) is 11.2. The topological polar surface area (TPSA) is 58.6 Å². The highest BCUT2D eigenvalue weighted by molar-refractivity contribution is 9.10. The molecule has 2 amide bonds. The largest absolute Gasteiger partial charge is 0.484 e. The van der Waals surface area contributed by atoms with Crippen LogP contribution in [0, 0.1) is 6.92 Å². The van der Waals surface area contributed by atoms with Crippen molar-refractivity contribution >= 4 is 27.7 Å². The van der Waals surface area contributed by atoms with Crippen molar-refractivity contribution in [2.75, 3.05) is 13.7 Å². The molecule has 32 heavy (non-hydrogen) atoms. The molecule has 166 valence electrons. The monoisotopic (exact) mass is 494 g/mol. The number of halogens is 1. The van der Waals surface area contributed by atoms with E-state index in [-0.39, 0.29) is 18.4 Å². The van der Waals surface area contributed by atoms with Crippen LogP contribution in [-0.4, -0.2) is 36.4 Å². The molecule has 0 saturated carbocycles. The summed E-state index contributed by atoms with van der Waals surface area (Å²) in [5.41, 5.74) is 2.86. The van der Waals surface area contributed by atoms with Crippen LogP contribution in [0.4, 0.5) is 0 Å². The molecule has 3 rings (SSSR count). The molecule has 6 heteroatoms. The van der Waals surface area contributed by atoms with Gasteiger partial charge >= 0.3 is 0 Å². The van der Waals surface area contributed by atoms with E-state index in [9.17, 15) is 9.59 Å². The van der Waals surface area contributed by atoms with E-state index in [4.69, 9.17) is 4.74 Å². The molecule has 1 N–H and O–H groups in total. The highest BCUT2D eigenvalue weighted by Gasteiger charge is 2.30. The van der Waals surface area contributed by atoms with Crippen molar-refractivity contribution in [1.29, 1.82) is 0 Å². The summed E-state index contributed by atoms with van der Waals surface area (Å²) in [5.74, 6) is 0.194. The van der Waals surface area contributed by atoms with Crippen LogP contribution in [0.2, 0.25) is 0 Å². The molecule has 1 unspecified atom stereocenters. The zero-order chi connectivity index (χ0) is 22.9. The predicted octanol–water partition coefficient (Wildman–Crippen LogP) is 4.52. The van der Waals surface area contributed by atoms with E-state index >= 15 is 0 Å². The average molecular weight is 495 g/mol. The number of rotatable bonds is 9. The Morgan fingerprint density at radius 3 is 2.25 bits per heavy atom. The second-order valence-corrected chi connectivity index (χ2v) is 8.44. The van der Waals surface area contributed by atoms with Crippen molar-refractivity contribution in [3.05, 3.63) is 100 Å². The lowest BCUT2D eigenvalue weighted by molar-refractivity contribution is -0.142. The molecule has 1 atom stereocenters. The van der Waals surface area contributed by atoms with Crippen molar-refractivity contribution in [1.82, 2.24) is 10.2 Å². The summed E-state index contributed by atoms with van der Waals surface area (Å²) in [4.78, 5) is 27.8. The summed E-state index contributed by atoms with van der Waals surface area (Å²) >= 11 is 3.44. The van der Waals surface area contributed by atoms with Gasteiger partial charge in [0.05, 0.1) is 0 Å². The van der Waals surface area contributed by atoms with Crippen molar-refractivity contribution in [3.63, 3.8) is 0 Å². The Bertz CT molecular complexity index is 1040. The van der Waals surface area contributed by atoms with Crippen molar-refractivity contribution in [3.8, 4) is 5.75 Å². The van der Waals surface area contributed by atoms with Crippen LogP contribution in [0.25, 0.3) is 0 Å². The van der Waals surface area contributed by atoms with Gasteiger partial charge in [0, 0.05) is 24.5 Å². The molecule has 0 saturated heterocycles. The van der Waals surface area contributed by atoms with Gasteiger partial charge in [0.15, 0.2) is 6.61 Å². The Hall–Kier alpha value is -3.12. The lowest BCUT2D eigenvalue weighted by Crippen LogP contribution is -2.51. The van der Waals surface area contributed by atoms with E-state index in [1.54, 1.807) is 11.9 Å². The Kier molecular flexibility index (Phi) is 8.45. The summed E-state index contributed by atoms with van der Waals surface area (Å²) in [6.45, 7) is 2.08. The van der Waals surface area contributed by atoms with Gasteiger partial charge in [-0.3, -0.25) is 9.59 Å². The Morgan fingerprint density at radius 1 is 0.938 bits per heavy atom. The number of nitrogens with zero attached hydrogens (tertiary/aromatic N) is 1. The number of likely N-dealkylation sites (N-methyl/N-ethyl adjacent to an activating group) is 1. The van der Waals surface area contributed by atoms with Gasteiger partial charge in [-0.25, -0.2) is 0 Å². The van der Waals surface area contributed by atoms with Gasteiger partial charge in [0.2, 0.25) is 5.91 Å². The highest BCUT2D eigenvalue weighted by atomic mass is 79.9. The fourth-order valence-electron chi connectivity index (χ4n) is 3.45. The van der Waals surface area contributed by atoms with Crippen LogP contribution in [-0.2, 0) is 22.6 Å². The molecule has 0 heterocycles. The maximum Gasteiger partial charge on any atom is 0.261 e. The molecule has 3 aromatic rings. The molecule has 3 aromatic carbocycles. The fourth-order valence-corrected chi connectivity index (χ4v) is 3.71. The summed E-state index contributed by atoms with van der Waals surface area (Å²) in [6, 6.07) is 24.3. The highest BCUT2D eigenvalue weighted by Crippen LogP contribution is 2.19. The molecule has 0 fully saturated rings. The van der Waals surface area contributed by atoms with Crippen LogP contribution >= 0.6 is 15.9 Å². The number of ether oxygens (including phenoxy) is 1. The molecule has 0 aliphatic rings. The van der Waals surface area contributed by atoms with Crippen LogP contribution in [0.15, 0.2) is 83.3 Å². The lowest BCUT2D eigenvalue weighted by atomic mass is 10.0. The lowest BCUT2D eigenvalue weighted by Gasteiger charge is -2.31. The maximum atomic E-state index is 13.4. The molecular weight excluding hydrogens is 468 g/mol. The minimum atomic E-state index is -0.668. The first kappa shape index (κ1) is 23.5. The first-order chi connectivity index (χ1) is 15.5. The summed E-state index contributed by atoms with van der Waals surface area (Å²) < 4.78 is 6.77. The van der Waals surface area contributed by atoms with Crippen molar-refractivity contribution in [2.45, 2.75) is 25.9 Å². The van der Waals surface area contributed by atoms with Crippen molar-refractivity contribution < 1.29 is 14.3 Å². The number of carbonyl (C=O) groups excluding carboxylic acids is 2. The number of carbonyl (C=O) groups is 2. The summed E-state index contributed by atoms with van der Waals surface area (Å²) in [6.07, 6.45) is 0.410. The molecule has 5 nitrogen and oxygen atoms in total. The summed E-state index contributed by atoms with van der Waals surface area (Å²) in [7, 11) is 1.59. The molecule has 0 spiro atoms. The van der Waals surface area contributed by atoms with Gasteiger partial charge in [-0.15, -0.1) is 0 Å². The van der Waals surface area contributed by atoms with E-state index < -0.39 is 6.04 Å². The Labute approximate surface area is 197 Å². The van der Waals surface area contributed by atoms with E-state index in [0.717, 1.165) is 21.2 Å². The van der Waals surface area contributed by atoms with Gasteiger partial charge in [0.1, 0.15) is 11.8 Å². The van der Waals surface area contributed by atoms with Crippen LogP contribution in [0.1, 0.15) is 16.7 Å². The molecular formula is C26H27BrN2O3. The average Bonchev–Trinajstić information content (AvgIpc) is 2.82. The van der Waals surface area contributed by atoms with Gasteiger partial charge in [-0.2, -0.15) is 0 Å². The van der Waals surface area contributed by atoms with Crippen molar-refractivity contribution in [2.24, 2.45) is 0 Å². The Balaban J connectivity index is 1.87. The number of amides is 2. The minimum absolute atomic E-state index is 0.149. The SMILES string of the molecule is CNC(=O)C(Cc1ccccc1)N(Cc1ccc(Br)cc1)C(=O)COc1ccccc1C. The summed E-state index contributed by atoms with van der Waals surface area (Å²) in [5, 5.41) is 2.72. The molecule has 0 bridgehead atoms. The minimum Gasteiger partial charge on any atom is -0.484 e. The molecule has 0 radical (unpaired) electrons. The zero-order valence-electron chi connectivity index (χ0n) is 18.3. The number of benzene rings is 3. The van der Waals surface area contributed by atoms with Gasteiger partial charge < -0.3 is 15.0 Å². The third-order valence-electron chi connectivity index (χ3n) is 5.23. The van der Waals surface area contributed by atoms with E-state index in [1.165, 1.54) is 0 Å². The predicted molar refractivity (Wildman–Crippen MR) is 129 cm³/mol. The smallest absolute Gasteiger partial charge is 0.261 e. The van der Waals surface area contributed by atoms with Gasteiger partial charge in [0.25, 0.3) is 5.91 Å². The second kappa shape index (κ2) is 11.5. The number of hydrogen-bond donors (Lipinski definition) is 1. The van der Waals surface area contributed by atoms with Gasteiger partial charge in [-0.1, -0.05) is 76.6 Å². The number of hydrogen-bond acceptors (Lipinski definition) is 3. The van der Waals surface area contributed by atoms with E-state index in [0.29, 0.717) is 18.7 Å². The standard InChI is InChI=1S/C26H27BrN2O3/c1-19-8-6-7-11-24(19)32-18-25(30)29(17-21-12-14-22(27)15-13-21)23(26(31)28-2)16-20-9-4-3-5-10-20/h3-15,23H,16-18H2,1-2H3,(H,28,31). The quantitative estimate of drug-likeness (QED) is 0.475. The molecule has 0 aliphatic heterocycles. The Morgan fingerprint density at radius 2 is 1.59 bits per heavy atom. The van der Waals surface area contributed by atoms with Crippen LogP contribution in [0.3, 0.4) is 0 Å². The number of nitrogens with one attached hydrogen (secondary N) is 1. The second-order valence-electron chi connectivity index (χ2n) is 7.52. The van der Waals surface area contributed by atoms with E-state index in [2.05, 4.69) is 21.2 Å². The van der Waals surface area contributed by atoms with Crippen LogP contribution in [0.5, 0.6) is 5.75 Å². The third kappa shape index (κ3) is 6.44. The molecule has 0 aromatic heterocycles. The fraction of sp³-hybridized carbons (Fsp3) is 0.231. The third-order valence-corrected chi connectivity index (χ3v) is 5.76. The first-order valence-electron chi connectivity index (χ1n) is 10.5. The number of aryl methyl sites for hydroxylation is 1. The normalized spacial score (nSPS) is 11.5. The molecule has 0 aliphatic carbocycles. The van der Waals surface area contributed by atoms with E-state index in [1.807, 2.05) is 85.8 Å². The number of para-hydroxylation sites is 1. The van der Waals surface area contributed by atoms with Gasteiger partial charge in [-0.05, 0) is 41.8 Å².